The first-order chi connectivity index (χ1) is 12.2. The fraction of sp³-hybridized carbons (Fsp3) is 0.684. The summed E-state index contributed by atoms with van der Waals surface area (Å²) in [6.07, 6.45) is 4.31. The van der Waals surface area contributed by atoms with E-state index >= 15 is 0 Å². The van der Waals surface area contributed by atoms with E-state index in [-0.39, 0.29) is 12.1 Å². The zero-order chi connectivity index (χ0) is 18.1. The highest BCUT2D eigenvalue weighted by Crippen LogP contribution is 2.34. The molecule has 6 heteroatoms. The summed E-state index contributed by atoms with van der Waals surface area (Å²) < 4.78 is 20.9. The van der Waals surface area contributed by atoms with Crippen molar-refractivity contribution in [2.75, 3.05) is 34.7 Å². The summed E-state index contributed by atoms with van der Waals surface area (Å²) in [5.41, 5.74) is 1.12. The van der Waals surface area contributed by atoms with Crippen LogP contribution in [-0.4, -0.2) is 52.0 Å². The Morgan fingerprint density at radius 1 is 1.08 bits per heavy atom. The highest BCUT2D eigenvalue weighted by molar-refractivity contribution is 5.44. The van der Waals surface area contributed by atoms with E-state index in [1.807, 2.05) is 18.2 Å². The van der Waals surface area contributed by atoms with Crippen molar-refractivity contribution in [3.8, 4) is 11.5 Å². The maximum atomic E-state index is 10.3. The molecular weight excluding hydrogens is 322 g/mol. The Hall–Kier alpha value is -1.34. The van der Waals surface area contributed by atoms with Crippen molar-refractivity contribution >= 4 is 0 Å². The van der Waals surface area contributed by atoms with Crippen LogP contribution in [-0.2, 0) is 9.47 Å². The second kappa shape index (κ2) is 10.6. The van der Waals surface area contributed by atoms with Gasteiger partial charge in [0.1, 0.15) is 6.79 Å². The van der Waals surface area contributed by atoms with Crippen LogP contribution in [0.15, 0.2) is 18.2 Å². The van der Waals surface area contributed by atoms with Crippen LogP contribution in [0.1, 0.15) is 43.7 Å². The van der Waals surface area contributed by atoms with Gasteiger partial charge in [-0.15, -0.1) is 0 Å². The normalized spacial score (nSPS) is 23.4. The molecule has 1 aromatic rings. The molecule has 1 aromatic carbocycles. The lowest BCUT2D eigenvalue weighted by atomic mass is 9.89. The van der Waals surface area contributed by atoms with Gasteiger partial charge in [0, 0.05) is 25.8 Å². The molecule has 0 saturated carbocycles. The fourth-order valence-corrected chi connectivity index (χ4v) is 3.36. The van der Waals surface area contributed by atoms with Crippen molar-refractivity contribution in [2.45, 2.75) is 50.3 Å². The first kappa shape index (κ1) is 20.0. The molecular formula is C19H31NO5. The van der Waals surface area contributed by atoms with Crippen molar-refractivity contribution in [3.05, 3.63) is 23.8 Å². The van der Waals surface area contributed by atoms with E-state index in [0.717, 1.165) is 37.0 Å². The molecule has 0 aliphatic carbocycles. The van der Waals surface area contributed by atoms with Crippen molar-refractivity contribution < 1.29 is 24.1 Å². The molecule has 2 rings (SSSR count). The number of ether oxygens (including phenoxy) is 4. The van der Waals surface area contributed by atoms with E-state index in [9.17, 15) is 5.11 Å². The van der Waals surface area contributed by atoms with Gasteiger partial charge in [0.05, 0.1) is 20.3 Å². The summed E-state index contributed by atoms with van der Waals surface area (Å²) >= 11 is 0. The van der Waals surface area contributed by atoms with E-state index in [1.54, 1.807) is 21.3 Å². The quantitative estimate of drug-likeness (QED) is 0.498. The number of hydrogen-bond acceptors (Lipinski definition) is 6. The Labute approximate surface area is 150 Å². The van der Waals surface area contributed by atoms with Crippen molar-refractivity contribution in [1.82, 2.24) is 5.32 Å². The average Bonchev–Trinajstić information content (AvgIpc) is 2.63. The van der Waals surface area contributed by atoms with Gasteiger partial charge in [0.2, 0.25) is 0 Å². The number of rotatable bonds is 10. The maximum Gasteiger partial charge on any atom is 0.161 e. The van der Waals surface area contributed by atoms with Gasteiger partial charge in [-0.1, -0.05) is 6.07 Å². The number of unbranched alkanes of at least 4 members (excludes halogenated alkanes) is 1. The molecule has 0 radical (unpaired) electrons. The number of aliphatic hydroxyl groups is 1. The third kappa shape index (κ3) is 6.15. The van der Waals surface area contributed by atoms with Crippen LogP contribution in [0, 0.1) is 0 Å². The Morgan fingerprint density at radius 3 is 2.60 bits per heavy atom. The summed E-state index contributed by atoms with van der Waals surface area (Å²) in [6, 6.07) is 6.37. The van der Waals surface area contributed by atoms with E-state index in [2.05, 4.69) is 5.32 Å². The van der Waals surface area contributed by atoms with Gasteiger partial charge in [0.25, 0.3) is 0 Å². The number of piperidine rings is 1. The summed E-state index contributed by atoms with van der Waals surface area (Å²) in [4.78, 5) is 0. The Balaban J connectivity index is 1.89. The Morgan fingerprint density at radius 2 is 1.88 bits per heavy atom. The number of aliphatic hydroxyl groups excluding tert-OH is 1. The molecule has 2 N–H and O–H groups in total. The van der Waals surface area contributed by atoms with Crippen LogP contribution in [0.3, 0.4) is 0 Å². The second-order valence-corrected chi connectivity index (χ2v) is 6.47. The smallest absolute Gasteiger partial charge is 0.161 e. The number of nitrogens with one attached hydrogen (secondary N) is 1. The SMILES string of the molecule is COCOCCCC[C@H]1C[C@H](O)C[C@@H](c2ccc(OC)c(OC)c2)N1. The first-order valence-corrected chi connectivity index (χ1v) is 8.90. The summed E-state index contributed by atoms with van der Waals surface area (Å²) in [5.74, 6) is 1.43. The largest absolute Gasteiger partial charge is 0.493 e. The minimum Gasteiger partial charge on any atom is -0.493 e. The molecule has 1 aliphatic rings. The number of hydrogen-bond donors (Lipinski definition) is 2. The molecule has 0 aromatic heterocycles. The summed E-state index contributed by atoms with van der Waals surface area (Å²) in [7, 11) is 4.90. The van der Waals surface area contributed by atoms with Crippen LogP contribution in [0.25, 0.3) is 0 Å². The fourth-order valence-electron chi connectivity index (χ4n) is 3.36. The molecule has 6 nitrogen and oxygen atoms in total. The van der Waals surface area contributed by atoms with Gasteiger partial charge in [-0.2, -0.15) is 0 Å². The molecule has 0 amide bonds. The van der Waals surface area contributed by atoms with E-state index < -0.39 is 0 Å². The zero-order valence-electron chi connectivity index (χ0n) is 15.5. The lowest BCUT2D eigenvalue weighted by Crippen LogP contribution is -2.42. The minimum absolute atomic E-state index is 0.123. The molecule has 0 spiro atoms. The predicted molar refractivity (Wildman–Crippen MR) is 96.1 cm³/mol. The van der Waals surface area contributed by atoms with E-state index in [1.165, 1.54) is 0 Å². The van der Waals surface area contributed by atoms with Gasteiger partial charge in [-0.25, -0.2) is 0 Å². The van der Waals surface area contributed by atoms with Crippen LogP contribution < -0.4 is 14.8 Å². The second-order valence-electron chi connectivity index (χ2n) is 6.47. The van der Waals surface area contributed by atoms with E-state index in [0.29, 0.717) is 31.6 Å². The molecule has 1 fully saturated rings. The standard InChI is InChI=1S/C19H31NO5/c1-22-13-25-9-5-4-6-15-11-16(21)12-17(20-15)14-7-8-18(23-2)19(10-14)24-3/h7-8,10,15-17,20-21H,4-6,9,11-13H2,1-3H3/t15-,16-,17-/m0/s1. The Bertz CT molecular complexity index is 511. The minimum atomic E-state index is -0.283. The highest BCUT2D eigenvalue weighted by atomic mass is 16.7. The first-order valence-electron chi connectivity index (χ1n) is 8.90. The van der Waals surface area contributed by atoms with Gasteiger partial charge in [-0.3, -0.25) is 0 Å². The molecule has 0 bridgehead atoms. The molecule has 3 atom stereocenters. The van der Waals surface area contributed by atoms with Gasteiger partial charge < -0.3 is 29.4 Å². The van der Waals surface area contributed by atoms with Crippen LogP contribution in [0.4, 0.5) is 0 Å². The highest BCUT2D eigenvalue weighted by Gasteiger charge is 2.28. The Kier molecular flexibility index (Phi) is 8.48. The zero-order valence-corrected chi connectivity index (χ0v) is 15.5. The van der Waals surface area contributed by atoms with Gasteiger partial charge >= 0.3 is 0 Å². The summed E-state index contributed by atoms with van der Waals surface area (Å²) in [6.45, 7) is 1.06. The van der Waals surface area contributed by atoms with Crippen molar-refractivity contribution in [1.29, 1.82) is 0 Å². The summed E-state index contributed by atoms with van der Waals surface area (Å²) in [5, 5.41) is 13.9. The maximum absolute atomic E-state index is 10.3. The van der Waals surface area contributed by atoms with Gasteiger partial charge in [0.15, 0.2) is 11.5 Å². The third-order valence-electron chi connectivity index (χ3n) is 4.60. The topological polar surface area (TPSA) is 69.2 Å². The molecule has 25 heavy (non-hydrogen) atoms. The van der Waals surface area contributed by atoms with Crippen molar-refractivity contribution in [3.63, 3.8) is 0 Å². The van der Waals surface area contributed by atoms with E-state index in [4.69, 9.17) is 18.9 Å². The third-order valence-corrected chi connectivity index (χ3v) is 4.60. The molecule has 142 valence electrons. The van der Waals surface area contributed by atoms with Crippen LogP contribution in [0.5, 0.6) is 11.5 Å². The van der Waals surface area contributed by atoms with Gasteiger partial charge in [-0.05, 0) is 49.8 Å². The van der Waals surface area contributed by atoms with Crippen LogP contribution in [0.2, 0.25) is 0 Å². The molecule has 1 aliphatic heterocycles. The molecule has 1 saturated heterocycles. The number of methoxy groups -OCH3 is 3. The van der Waals surface area contributed by atoms with Crippen molar-refractivity contribution in [2.24, 2.45) is 0 Å². The lowest BCUT2D eigenvalue weighted by molar-refractivity contribution is -0.0318. The van der Waals surface area contributed by atoms with Crippen LogP contribution >= 0.6 is 0 Å². The monoisotopic (exact) mass is 353 g/mol. The lowest BCUT2D eigenvalue weighted by Gasteiger charge is -2.34. The number of benzene rings is 1. The predicted octanol–water partition coefficient (Wildman–Crippen LogP) is 2.65. The average molecular weight is 353 g/mol. The molecule has 1 heterocycles. The molecule has 0 unspecified atom stereocenters.